The molecule has 0 aromatic heterocycles. The Bertz CT molecular complexity index is 1030. The van der Waals surface area contributed by atoms with Gasteiger partial charge in [-0.05, 0) is 87.7 Å². The number of likely N-dealkylation sites (tertiary alicyclic amines) is 2. The number of aryl methyl sites for hydroxylation is 1. The molecule has 2 saturated heterocycles. The molecule has 2 heterocycles. The van der Waals surface area contributed by atoms with E-state index < -0.39 is 10.0 Å². The lowest BCUT2D eigenvalue weighted by atomic mass is 10.1. The lowest BCUT2D eigenvalue weighted by Crippen LogP contribution is -2.37. The summed E-state index contributed by atoms with van der Waals surface area (Å²) < 4.78 is 28.2. The minimum Gasteiger partial charge on any atom is -0.337 e. The highest BCUT2D eigenvalue weighted by Gasteiger charge is 2.32. The van der Waals surface area contributed by atoms with Gasteiger partial charge in [-0.2, -0.15) is 0 Å². The van der Waals surface area contributed by atoms with E-state index in [0.717, 1.165) is 43.7 Å². The first-order chi connectivity index (χ1) is 14.3. The number of hydrogen-bond acceptors (Lipinski definition) is 4. The molecule has 1 N–H and O–H groups in total. The Labute approximate surface area is 178 Å². The van der Waals surface area contributed by atoms with Crippen LogP contribution in [0.4, 0.5) is 5.69 Å². The molecule has 0 radical (unpaired) electrons. The summed E-state index contributed by atoms with van der Waals surface area (Å²) in [6.07, 6.45) is 3.50. The van der Waals surface area contributed by atoms with Crippen molar-refractivity contribution in [2.45, 2.75) is 44.0 Å². The number of anilines is 1. The zero-order chi connectivity index (χ0) is 21.3. The molecule has 2 aliphatic rings. The molecular weight excluding hydrogens is 398 g/mol. The lowest BCUT2D eigenvalue weighted by Gasteiger charge is -2.23. The monoisotopic (exact) mass is 427 g/mol. The zero-order valence-electron chi connectivity index (χ0n) is 17.6. The molecule has 30 heavy (non-hydrogen) atoms. The fraction of sp³-hybridized carbons (Fsp3) is 0.435. The molecule has 1 atom stereocenters. The normalized spacial score (nSPS) is 19.9. The molecule has 2 aromatic rings. The number of carbonyl (C=O) groups is 1. The quantitative estimate of drug-likeness (QED) is 0.794. The SMILES string of the molecule is Cc1cccc(NS(=O)(=O)c2ccc(C(=O)N3CCC(N4CCCC4)C3)cc2)c1C. The fourth-order valence-corrected chi connectivity index (χ4v) is 5.48. The third-order valence-corrected chi connectivity index (χ3v) is 7.75. The van der Waals surface area contributed by atoms with E-state index >= 15 is 0 Å². The number of hydrogen-bond donors (Lipinski definition) is 1. The second kappa shape index (κ2) is 8.40. The van der Waals surface area contributed by atoms with Gasteiger partial charge >= 0.3 is 0 Å². The van der Waals surface area contributed by atoms with Gasteiger partial charge in [0.05, 0.1) is 10.6 Å². The first-order valence-corrected chi connectivity index (χ1v) is 12.1. The summed E-state index contributed by atoms with van der Waals surface area (Å²) in [7, 11) is -3.72. The van der Waals surface area contributed by atoms with E-state index in [1.807, 2.05) is 30.9 Å². The topological polar surface area (TPSA) is 69.7 Å². The third kappa shape index (κ3) is 4.23. The van der Waals surface area contributed by atoms with Crippen molar-refractivity contribution >= 4 is 21.6 Å². The number of nitrogens with zero attached hydrogens (tertiary/aromatic N) is 2. The molecule has 160 valence electrons. The molecule has 7 heteroatoms. The summed E-state index contributed by atoms with van der Waals surface area (Å²) in [5, 5.41) is 0. The standard InChI is InChI=1S/C23H29N3O3S/c1-17-6-5-7-22(18(17)2)24-30(28,29)21-10-8-19(9-11-21)23(27)26-15-12-20(16-26)25-13-3-4-14-25/h5-11,20,24H,3-4,12-16H2,1-2H3. The zero-order valence-corrected chi connectivity index (χ0v) is 18.4. The maximum absolute atomic E-state index is 12.9. The summed E-state index contributed by atoms with van der Waals surface area (Å²) in [6, 6.07) is 12.2. The van der Waals surface area contributed by atoms with Gasteiger partial charge in [0.1, 0.15) is 0 Å². The molecule has 1 amide bonds. The largest absolute Gasteiger partial charge is 0.337 e. The van der Waals surface area contributed by atoms with Gasteiger partial charge in [-0.3, -0.25) is 14.4 Å². The summed E-state index contributed by atoms with van der Waals surface area (Å²) in [4.78, 5) is 17.4. The Morgan fingerprint density at radius 3 is 2.40 bits per heavy atom. The highest BCUT2D eigenvalue weighted by atomic mass is 32.2. The van der Waals surface area contributed by atoms with Gasteiger partial charge in [-0.15, -0.1) is 0 Å². The van der Waals surface area contributed by atoms with Crippen molar-refractivity contribution in [3.8, 4) is 0 Å². The van der Waals surface area contributed by atoms with Crippen molar-refractivity contribution in [1.29, 1.82) is 0 Å². The first-order valence-electron chi connectivity index (χ1n) is 10.6. The number of rotatable bonds is 5. The summed E-state index contributed by atoms with van der Waals surface area (Å²) >= 11 is 0. The van der Waals surface area contributed by atoms with Crippen LogP contribution in [0, 0.1) is 13.8 Å². The summed E-state index contributed by atoms with van der Waals surface area (Å²) in [5.41, 5.74) is 3.02. The highest BCUT2D eigenvalue weighted by Crippen LogP contribution is 2.24. The molecule has 2 aliphatic heterocycles. The number of benzene rings is 2. The van der Waals surface area contributed by atoms with Crippen molar-refractivity contribution < 1.29 is 13.2 Å². The predicted octanol–water partition coefficient (Wildman–Crippen LogP) is 3.41. The van der Waals surface area contributed by atoms with Crippen molar-refractivity contribution in [3.63, 3.8) is 0 Å². The number of sulfonamides is 1. The average molecular weight is 428 g/mol. The van der Waals surface area contributed by atoms with Crippen LogP contribution in [0.1, 0.15) is 40.7 Å². The van der Waals surface area contributed by atoms with Gasteiger partial charge in [0.2, 0.25) is 0 Å². The van der Waals surface area contributed by atoms with E-state index in [-0.39, 0.29) is 10.8 Å². The molecule has 1 unspecified atom stereocenters. The molecular formula is C23H29N3O3S. The number of amides is 1. The molecule has 2 aromatic carbocycles. The molecule has 6 nitrogen and oxygen atoms in total. The van der Waals surface area contributed by atoms with Crippen LogP contribution in [-0.2, 0) is 10.0 Å². The maximum atomic E-state index is 12.9. The minimum absolute atomic E-state index is 0.0249. The van der Waals surface area contributed by atoms with Crippen LogP contribution in [0.2, 0.25) is 0 Å². The van der Waals surface area contributed by atoms with Gasteiger partial charge < -0.3 is 4.90 Å². The van der Waals surface area contributed by atoms with Crippen LogP contribution in [0.3, 0.4) is 0 Å². The smallest absolute Gasteiger partial charge is 0.261 e. The Balaban J connectivity index is 1.44. The van der Waals surface area contributed by atoms with Crippen molar-refractivity contribution in [1.82, 2.24) is 9.80 Å². The Hall–Kier alpha value is -2.38. The summed E-state index contributed by atoms with van der Waals surface area (Å²) in [6.45, 7) is 7.61. The van der Waals surface area contributed by atoms with Gasteiger partial charge in [0, 0.05) is 24.7 Å². The van der Waals surface area contributed by atoms with Gasteiger partial charge in [0.25, 0.3) is 15.9 Å². The van der Waals surface area contributed by atoms with E-state index in [9.17, 15) is 13.2 Å². The molecule has 0 aliphatic carbocycles. The molecule has 4 rings (SSSR count). The maximum Gasteiger partial charge on any atom is 0.261 e. The highest BCUT2D eigenvalue weighted by molar-refractivity contribution is 7.92. The van der Waals surface area contributed by atoms with Gasteiger partial charge in [-0.25, -0.2) is 8.42 Å². The third-order valence-electron chi connectivity index (χ3n) is 6.37. The lowest BCUT2D eigenvalue weighted by molar-refractivity contribution is 0.0780. The number of carbonyl (C=O) groups excluding carboxylic acids is 1. The van der Waals surface area contributed by atoms with E-state index in [1.54, 1.807) is 18.2 Å². The molecule has 0 bridgehead atoms. The second-order valence-corrected chi connectivity index (χ2v) is 10.00. The van der Waals surface area contributed by atoms with Crippen LogP contribution in [0.15, 0.2) is 47.4 Å². The van der Waals surface area contributed by atoms with Gasteiger partial charge in [-0.1, -0.05) is 12.1 Å². The van der Waals surface area contributed by atoms with E-state index in [4.69, 9.17) is 0 Å². The van der Waals surface area contributed by atoms with E-state index in [0.29, 0.717) is 17.3 Å². The van der Waals surface area contributed by atoms with Crippen LogP contribution in [0.25, 0.3) is 0 Å². The molecule has 2 fully saturated rings. The number of nitrogens with one attached hydrogen (secondary N) is 1. The average Bonchev–Trinajstić information content (AvgIpc) is 3.42. The van der Waals surface area contributed by atoms with Crippen molar-refractivity contribution in [2.75, 3.05) is 30.9 Å². The summed E-state index contributed by atoms with van der Waals surface area (Å²) in [5.74, 6) is -0.0249. The Kier molecular flexibility index (Phi) is 5.84. The van der Waals surface area contributed by atoms with Crippen LogP contribution < -0.4 is 4.72 Å². The fourth-order valence-electron chi connectivity index (χ4n) is 4.36. The Morgan fingerprint density at radius 1 is 1.00 bits per heavy atom. The van der Waals surface area contributed by atoms with Crippen molar-refractivity contribution in [3.05, 3.63) is 59.2 Å². The minimum atomic E-state index is -3.72. The van der Waals surface area contributed by atoms with Gasteiger partial charge in [0.15, 0.2) is 0 Å². The van der Waals surface area contributed by atoms with E-state index in [1.165, 1.54) is 25.0 Å². The molecule has 0 saturated carbocycles. The predicted molar refractivity (Wildman–Crippen MR) is 118 cm³/mol. The van der Waals surface area contributed by atoms with Crippen LogP contribution >= 0.6 is 0 Å². The van der Waals surface area contributed by atoms with E-state index in [2.05, 4.69) is 9.62 Å². The molecule has 0 spiro atoms. The van der Waals surface area contributed by atoms with Crippen LogP contribution in [0.5, 0.6) is 0 Å². The van der Waals surface area contributed by atoms with Crippen LogP contribution in [-0.4, -0.2) is 56.3 Å². The first kappa shape index (κ1) is 20.9. The Morgan fingerprint density at radius 2 is 1.70 bits per heavy atom. The second-order valence-electron chi connectivity index (χ2n) is 8.31. The van der Waals surface area contributed by atoms with Crippen molar-refractivity contribution in [2.24, 2.45) is 0 Å².